The van der Waals surface area contributed by atoms with Gasteiger partial charge in [0.25, 0.3) is 5.56 Å². The molecule has 0 unspecified atom stereocenters. The van der Waals surface area contributed by atoms with E-state index in [0.29, 0.717) is 49.9 Å². The Morgan fingerprint density at radius 1 is 1.31 bits per heavy atom. The number of rotatable bonds is 5. The number of carbonyl (C=O) groups excluding carboxylic acids is 1. The predicted molar refractivity (Wildman–Crippen MR) is 108 cm³/mol. The van der Waals surface area contributed by atoms with Crippen molar-refractivity contribution in [2.24, 2.45) is 0 Å². The van der Waals surface area contributed by atoms with Gasteiger partial charge in [0, 0.05) is 19.6 Å². The molecule has 0 radical (unpaired) electrons. The van der Waals surface area contributed by atoms with Crippen molar-refractivity contribution in [2.45, 2.75) is 52.8 Å². The first kappa shape index (κ1) is 20.5. The zero-order chi connectivity index (χ0) is 21.0. The normalized spacial score (nSPS) is 13.1. The number of hydrogen-bond acceptors (Lipinski definition) is 7. The van der Waals surface area contributed by atoms with E-state index in [9.17, 15) is 9.59 Å². The van der Waals surface area contributed by atoms with Crippen molar-refractivity contribution in [1.29, 1.82) is 0 Å². The summed E-state index contributed by atoms with van der Waals surface area (Å²) in [6, 6.07) is 0.290. The Morgan fingerprint density at radius 3 is 2.83 bits per heavy atom. The Bertz CT molecular complexity index is 1020. The molecular formula is C19H26N6O4. The third-order valence-corrected chi connectivity index (χ3v) is 4.08. The fourth-order valence-electron chi connectivity index (χ4n) is 2.89. The molecule has 0 saturated carbocycles. The fourth-order valence-corrected chi connectivity index (χ4v) is 2.89. The lowest BCUT2D eigenvalue weighted by Crippen LogP contribution is -2.35. The van der Waals surface area contributed by atoms with Gasteiger partial charge in [-0.15, -0.1) is 5.92 Å². The van der Waals surface area contributed by atoms with E-state index in [0.717, 1.165) is 6.42 Å². The monoisotopic (exact) mass is 402 g/mol. The van der Waals surface area contributed by atoms with E-state index in [2.05, 4.69) is 32.4 Å². The summed E-state index contributed by atoms with van der Waals surface area (Å²) in [5.41, 5.74) is -0.0670. The SMILES string of the molecule is CC#CCn1c(NCCNC(=O)OC(C)(C)C)nc2nc3n(c(=O)c21)CCCO3. The van der Waals surface area contributed by atoms with Gasteiger partial charge >= 0.3 is 12.1 Å². The molecule has 3 heterocycles. The molecule has 1 aliphatic rings. The zero-order valence-electron chi connectivity index (χ0n) is 17.2. The lowest BCUT2D eigenvalue weighted by molar-refractivity contribution is 0.0530. The third-order valence-electron chi connectivity index (χ3n) is 4.08. The lowest BCUT2D eigenvalue weighted by Gasteiger charge is -2.19. The summed E-state index contributed by atoms with van der Waals surface area (Å²) in [6.07, 6.45) is 0.263. The Hall–Kier alpha value is -3.22. The summed E-state index contributed by atoms with van der Waals surface area (Å²) in [6.45, 7) is 9.24. The number of ether oxygens (including phenoxy) is 2. The van der Waals surface area contributed by atoms with Gasteiger partial charge in [0.2, 0.25) is 5.95 Å². The average Bonchev–Trinajstić information content (AvgIpc) is 3.00. The average molecular weight is 402 g/mol. The van der Waals surface area contributed by atoms with Crippen molar-refractivity contribution >= 4 is 23.2 Å². The summed E-state index contributed by atoms with van der Waals surface area (Å²) in [4.78, 5) is 33.5. The van der Waals surface area contributed by atoms with Gasteiger partial charge < -0.3 is 20.1 Å². The van der Waals surface area contributed by atoms with Crippen LogP contribution in [0.25, 0.3) is 11.2 Å². The number of anilines is 1. The number of amides is 1. The van der Waals surface area contributed by atoms with Crippen molar-refractivity contribution in [1.82, 2.24) is 24.4 Å². The molecule has 0 aromatic carbocycles. The summed E-state index contributed by atoms with van der Waals surface area (Å²) in [5, 5.41) is 5.80. The molecule has 0 atom stereocenters. The standard InChI is InChI=1S/C19H26N6O4/c1-5-6-10-24-13-14(23-17-25(15(13)26)11-7-12-28-17)22-16(24)20-8-9-21-18(27)29-19(2,3)4/h7-12H2,1-4H3,(H,20,22)(H,21,27). The predicted octanol–water partition coefficient (Wildman–Crippen LogP) is 1.34. The number of aromatic nitrogens is 4. The van der Waals surface area contributed by atoms with Crippen LogP contribution < -0.4 is 20.9 Å². The fraction of sp³-hybridized carbons (Fsp3) is 0.579. The van der Waals surface area contributed by atoms with Crippen LogP contribution in [0.15, 0.2) is 4.79 Å². The van der Waals surface area contributed by atoms with E-state index in [1.165, 1.54) is 4.57 Å². The van der Waals surface area contributed by atoms with Crippen LogP contribution in [0.4, 0.5) is 10.7 Å². The largest absolute Gasteiger partial charge is 0.464 e. The Kier molecular flexibility index (Phi) is 5.96. The van der Waals surface area contributed by atoms with Crippen LogP contribution in [0.1, 0.15) is 34.1 Å². The molecule has 29 heavy (non-hydrogen) atoms. The number of nitrogens with zero attached hydrogens (tertiary/aromatic N) is 4. The topological polar surface area (TPSA) is 112 Å². The molecule has 2 aromatic rings. The molecule has 3 rings (SSSR count). The van der Waals surface area contributed by atoms with E-state index in [1.807, 2.05) is 0 Å². The van der Waals surface area contributed by atoms with E-state index in [1.54, 1.807) is 32.3 Å². The lowest BCUT2D eigenvalue weighted by atomic mass is 10.2. The van der Waals surface area contributed by atoms with Gasteiger partial charge in [-0.1, -0.05) is 5.92 Å². The number of alkyl carbamates (subject to hydrolysis) is 1. The molecule has 1 amide bonds. The van der Waals surface area contributed by atoms with Gasteiger partial charge in [0.1, 0.15) is 5.60 Å². The molecule has 2 aromatic heterocycles. The molecule has 156 valence electrons. The van der Waals surface area contributed by atoms with E-state index < -0.39 is 11.7 Å². The number of fused-ring (bicyclic) bond motifs is 2. The first-order valence-electron chi connectivity index (χ1n) is 9.54. The highest BCUT2D eigenvalue weighted by Gasteiger charge is 2.22. The van der Waals surface area contributed by atoms with Crippen LogP contribution in [-0.2, 0) is 17.8 Å². The van der Waals surface area contributed by atoms with Gasteiger partial charge in [-0.05, 0) is 34.1 Å². The number of hydrogen-bond donors (Lipinski definition) is 2. The first-order valence-corrected chi connectivity index (χ1v) is 9.54. The number of nitrogens with one attached hydrogen (secondary N) is 2. The molecule has 0 spiro atoms. The molecule has 0 saturated heterocycles. The maximum atomic E-state index is 13.0. The Balaban J connectivity index is 1.79. The second-order valence-electron chi connectivity index (χ2n) is 7.53. The van der Waals surface area contributed by atoms with Crippen LogP contribution in [0.2, 0.25) is 0 Å². The minimum atomic E-state index is -0.556. The minimum absolute atomic E-state index is 0.199. The van der Waals surface area contributed by atoms with Crippen molar-refractivity contribution in [3.8, 4) is 17.9 Å². The van der Waals surface area contributed by atoms with Gasteiger partial charge in [0.05, 0.1) is 13.2 Å². The Morgan fingerprint density at radius 2 is 2.10 bits per heavy atom. The molecule has 0 aliphatic carbocycles. The summed E-state index contributed by atoms with van der Waals surface area (Å²) >= 11 is 0. The van der Waals surface area contributed by atoms with Crippen LogP contribution >= 0.6 is 0 Å². The molecule has 2 N–H and O–H groups in total. The van der Waals surface area contributed by atoms with Gasteiger partial charge in [-0.25, -0.2) is 4.79 Å². The summed E-state index contributed by atoms with van der Waals surface area (Å²) in [7, 11) is 0. The van der Waals surface area contributed by atoms with Crippen molar-refractivity contribution in [3.63, 3.8) is 0 Å². The highest BCUT2D eigenvalue weighted by molar-refractivity contribution is 5.74. The number of carbonyl (C=O) groups is 1. The maximum Gasteiger partial charge on any atom is 0.407 e. The van der Waals surface area contributed by atoms with Crippen molar-refractivity contribution < 1.29 is 14.3 Å². The molecule has 10 nitrogen and oxygen atoms in total. The van der Waals surface area contributed by atoms with Crippen LogP contribution in [0, 0.1) is 11.8 Å². The molecule has 1 aliphatic heterocycles. The highest BCUT2D eigenvalue weighted by atomic mass is 16.6. The van der Waals surface area contributed by atoms with Crippen LogP contribution in [0.5, 0.6) is 6.01 Å². The molecule has 0 bridgehead atoms. The summed E-state index contributed by atoms with van der Waals surface area (Å²) in [5.74, 6) is 6.25. The van der Waals surface area contributed by atoms with E-state index in [4.69, 9.17) is 9.47 Å². The van der Waals surface area contributed by atoms with Gasteiger partial charge in [-0.3, -0.25) is 13.9 Å². The van der Waals surface area contributed by atoms with Crippen molar-refractivity contribution in [2.75, 3.05) is 25.0 Å². The highest BCUT2D eigenvalue weighted by Crippen LogP contribution is 2.20. The van der Waals surface area contributed by atoms with Crippen LogP contribution in [0.3, 0.4) is 0 Å². The first-order chi connectivity index (χ1) is 13.8. The van der Waals surface area contributed by atoms with Gasteiger partial charge in [-0.2, -0.15) is 9.97 Å². The molecular weight excluding hydrogens is 376 g/mol. The van der Waals surface area contributed by atoms with Crippen LogP contribution in [-0.4, -0.2) is 50.5 Å². The molecule has 0 fully saturated rings. The van der Waals surface area contributed by atoms with E-state index in [-0.39, 0.29) is 11.6 Å². The zero-order valence-corrected chi connectivity index (χ0v) is 17.2. The Labute approximate surface area is 168 Å². The second kappa shape index (κ2) is 8.43. The molecule has 10 heteroatoms. The second-order valence-corrected chi connectivity index (χ2v) is 7.53. The number of imidazole rings is 1. The quantitative estimate of drug-likeness (QED) is 0.573. The third kappa shape index (κ3) is 4.80. The van der Waals surface area contributed by atoms with E-state index >= 15 is 0 Å². The maximum absolute atomic E-state index is 13.0. The summed E-state index contributed by atoms with van der Waals surface area (Å²) < 4.78 is 13.9. The smallest absolute Gasteiger partial charge is 0.407 e. The minimum Gasteiger partial charge on any atom is -0.464 e. The van der Waals surface area contributed by atoms with Gasteiger partial charge in [0.15, 0.2) is 11.2 Å². The van der Waals surface area contributed by atoms with Crippen molar-refractivity contribution in [3.05, 3.63) is 10.4 Å².